The van der Waals surface area contributed by atoms with Gasteiger partial charge in [-0.3, -0.25) is 5.43 Å². The smallest absolute Gasteiger partial charge is 0.0934 e. The predicted molar refractivity (Wildman–Crippen MR) is 142 cm³/mol. The highest BCUT2D eigenvalue weighted by atomic mass is 15.3. The van der Waals surface area contributed by atoms with Crippen molar-refractivity contribution in [1.82, 2.24) is 9.78 Å². The van der Waals surface area contributed by atoms with Crippen molar-refractivity contribution in [1.29, 1.82) is 0 Å². The maximum atomic E-state index is 4.94. The lowest BCUT2D eigenvalue weighted by Crippen LogP contribution is -1.99. The van der Waals surface area contributed by atoms with Gasteiger partial charge in [0.05, 0.1) is 29.0 Å². The van der Waals surface area contributed by atoms with Crippen LogP contribution in [0.4, 0.5) is 5.69 Å². The molecule has 0 saturated carbocycles. The Morgan fingerprint density at radius 1 is 0.706 bits per heavy atom. The van der Waals surface area contributed by atoms with Crippen molar-refractivity contribution in [2.45, 2.75) is 13.8 Å². The Morgan fingerprint density at radius 3 is 2.06 bits per heavy atom. The number of hydrazone groups is 1. The molecule has 1 heterocycles. The zero-order chi connectivity index (χ0) is 23.3. The van der Waals surface area contributed by atoms with Crippen LogP contribution in [0, 0.1) is 13.8 Å². The SMILES string of the molecule is Cc1ccc(N/N=C/c2ccc(-n3nc(-c4ccccc4)cc3-c3ccccc3)cc2)cc1C. The van der Waals surface area contributed by atoms with E-state index in [1.165, 1.54) is 11.1 Å². The van der Waals surface area contributed by atoms with E-state index in [0.717, 1.165) is 39.5 Å². The number of aromatic nitrogens is 2. The number of nitrogens with one attached hydrogen (secondary N) is 1. The molecule has 5 rings (SSSR count). The Morgan fingerprint density at radius 2 is 1.38 bits per heavy atom. The number of hydrogen-bond donors (Lipinski definition) is 1. The first kappa shape index (κ1) is 21.4. The molecule has 0 atom stereocenters. The van der Waals surface area contributed by atoms with Crippen molar-refractivity contribution in [2.24, 2.45) is 5.10 Å². The fourth-order valence-electron chi connectivity index (χ4n) is 3.84. The number of hydrogen-bond acceptors (Lipinski definition) is 3. The summed E-state index contributed by atoms with van der Waals surface area (Å²) in [6.07, 6.45) is 1.83. The molecule has 0 aliphatic heterocycles. The summed E-state index contributed by atoms with van der Waals surface area (Å²) in [6.45, 7) is 4.21. The molecule has 4 heteroatoms. The summed E-state index contributed by atoms with van der Waals surface area (Å²) in [5.41, 5.74) is 12.8. The Labute approximate surface area is 200 Å². The van der Waals surface area contributed by atoms with Gasteiger partial charge >= 0.3 is 0 Å². The van der Waals surface area contributed by atoms with E-state index in [9.17, 15) is 0 Å². The zero-order valence-electron chi connectivity index (χ0n) is 19.3. The van der Waals surface area contributed by atoms with Crippen molar-refractivity contribution >= 4 is 11.9 Å². The molecular weight excluding hydrogens is 416 g/mol. The number of nitrogens with zero attached hydrogens (tertiary/aromatic N) is 3. The minimum atomic E-state index is 0.947. The van der Waals surface area contributed by atoms with Crippen molar-refractivity contribution < 1.29 is 0 Å². The molecule has 0 radical (unpaired) electrons. The van der Waals surface area contributed by atoms with Gasteiger partial charge < -0.3 is 0 Å². The monoisotopic (exact) mass is 442 g/mol. The fourth-order valence-corrected chi connectivity index (χ4v) is 3.84. The van der Waals surface area contributed by atoms with Crippen LogP contribution in [0.15, 0.2) is 114 Å². The van der Waals surface area contributed by atoms with Crippen LogP contribution in [-0.2, 0) is 0 Å². The van der Waals surface area contributed by atoms with E-state index in [4.69, 9.17) is 5.10 Å². The Bertz CT molecular complexity index is 1420. The molecule has 0 amide bonds. The lowest BCUT2D eigenvalue weighted by Gasteiger charge is -2.08. The van der Waals surface area contributed by atoms with Crippen LogP contribution in [0.25, 0.3) is 28.2 Å². The van der Waals surface area contributed by atoms with Crippen LogP contribution in [0.2, 0.25) is 0 Å². The standard InChI is InChI=1S/C30H26N4/c1-22-13-16-27(19-23(22)2)32-31-21-24-14-17-28(18-15-24)34-30(26-11-7-4-8-12-26)20-29(33-34)25-9-5-3-6-10-25/h3-21,32H,1-2H3/b31-21+. The second kappa shape index (κ2) is 9.59. The molecule has 34 heavy (non-hydrogen) atoms. The quantitative estimate of drug-likeness (QED) is 0.222. The van der Waals surface area contributed by atoms with E-state index in [2.05, 4.69) is 103 Å². The van der Waals surface area contributed by atoms with Crippen LogP contribution < -0.4 is 5.43 Å². The summed E-state index contributed by atoms with van der Waals surface area (Å²) < 4.78 is 2.01. The van der Waals surface area contributed by atoms with Gasteiger partial charge in [0.25, 0.3) is 0 Å². The highest BCUT2D eigenvalue weighted by Crippen LogP contribution is 2.28. The molecule has 0 saturated heterocycles. The highest BCUT2D eigenvalue weighted by molar-refractivity contribution is 5.81. The van der Waals surface area contributed by atoms with E-state index in [1.807, 2.05) is 41.2 Å². The average molecular weight is 443 g/mol. The predicted octanol–water partition coefficient (Wildman–Crippen LogP) is 7.27. The molecule has 0 spiro atoms. The zero-order valence-corrected chi connectivity index (χ0v) is 19.3. The van der Waals surface area contributed by atoms with E-state index >= 15 is 0 Å². The van der Waals surface area contributed by atoms with Gasteiger partial charge in [0.2, 0.25) is 0 Å². The maximum Gasteiger partial charge on any atom is 0.0934 e. The van der Waals surface area contributed by atoms with Gasteiger partial charge in [-0.2, -0.15) is 10.2 Å². The van der Waals surface area contributed by atoms with Gasteiger partial charge in [0.1, 0.15) is 0 Å². The Kier molecular flexibility index (Phi) is 6.04. The second-order valence-electron chi connectivity index (χ2n) is 8.32. The number of benzene rings is 4. The number of aryl methyl sites for hydroxylation is 2. The summed E-state index contributed by atoms with van der Waals surface area (Å²) in [6, 6.07) is 37.3. The summed E-state index contributed by atoms with van der Waals surface area (Å²) in [5.74, 6) is 0. The molecule has 0 fully saturated rings. The van der Waals surface area contributed by atoms with E-state index < -0.39 is 0 Å². The lowest BCUT2D eigenvalue weighted by molar-refractivity contribution is 0.892. The van der Waals surface area contributed by atoms with Gasteiger partial charge in [-0.05, 0) is 60.9 Å². The Balaban J connectivity index is 1.42. The van der Waals surface area contributed by atoms with Crippen LogP contribution >= 0.6 is 0 Å². The average Bonchev–Trinajstić information content (AvgIpc) is 3.33. The molecule has 166 valence electrons. The van der Waals surface area contributed by atoms with Crippen molar-refractivity contribution in [3.8, 4) is 28.2 Å². The minimum absolute atomic E-state index is 0.947. The largest absolute Gasteiger partial charge is 0.278 e. The molecule has 0 aliphatic rings. The summed E-state index contributed by atoms with van der Waals surface area (Å²) in [7, 11) is 0. The number of rotatable bonds is 6. The first-order valence-electron chi connectivity index (χ1n) is 11.3. The highest BCUT2D eigenvalue weighted by Gasteiger charge is 2.13. The third-order valence-corrected chi connectivity index (χ3v) is 5.90. The maximum absolute atomic E-state index is 4.94. The molecule has 0 aliphatic carbocycles. The molecule has 0 bridgehead atoms. The van der Waals surface area contributed by atoms with Gasteiger partial charge in [-0.25, -0.2) is 4.68 Å². The van der Waals surface area contributed by atoms with E-state index in [0.29, 0.717) is 0 Å². The summed E-state index contributed by atoms with van der Waals surface area (Å²) >= 11 is 0. The molecule has 0 unspecified atom stereocenters. The molecule has 4 nitrogen and oxygen atoms in total. The van der Waals surface area contributed by atoms with Crippen molar-refractivity contribution in [3.63, 3.8) is 0 Å². The molecule has 4 aromatic carbocycles. The molecule has 5 aromatic rings. The van der Waals surface area contributed by atoms with Gasteiger partial charge in [0, 0.05) is 11.1 Å². The second-order valence-corrected chi connectivity index (χ2v) is 8.32. The van der Waals surface area contributed by atoms with Crippen LogP contribution in [0.5, 0.6) is 0 Å². The van der Waals surface area contributed by atoms with Crippen molar-refractivity contribution in [2.75, 3.05) is 5.43 Å². The fraction of sp³-hybridized carbons (Fsp3) is 0.0667. The van der Waals surface area contributed by atoms with Gasteiger partial charge in [0.15, 0.2) is 0 Å². The Hall–Kier alpha value is -4.44. The van der Waals surface area contributed by atoms with E-state index in [-0.39, 0.29) is 0 Å². The first-order valence-corrected chi connectivity index (χ1v) is 11.3. The third kappa shape index (κ3) is 4.66. The molecule has 1 aromatic heterocycles. The van der Waals surface area contributed by atoms with Crippen LogP contribution in [0.3, 0.4) is 0 Å². The van der Waals surface area contributed by atoms with E-state index in [1.54, 1.807) is 0 Å². The number of anilines is 1. The van der Waals surface area contributed by atoms with Gasteiger partial charge in [-0.1, -0.05) is 78.9 Å². The topological polar surface area (TPSA) is 42.2 Å². The normalized spacial score (nSPS) is 11.1. The molecule has 1 N–H and O–H groups in total. The van der Waals surface area contributed by atoms with Gasteiger partial charge in [-0.15, -0.1) is 0 Å². The first-order chi connectivity index (χ1) is 16.7. The third-order valence-electron chi connectivity index (χ3n) is 5.90. The summed E-state index contributed by atoms with van der Waals surface area (Å²) in [5, 5.41) is 9.34. The minimum Gasteiger partial charge on any atom is -0.278 e. The summed E-state index contributed by atoms with van der Waals surface area (Å²) in [4.78, 5) is 0. The lowest BCUT2D eigenvalue weighted by atomic mass is 10.1. The van der Waals surface area contributed by atoms with Crippen LogP contribution in [0.1, 0.15) is 16.7 Å². The van der Waals surface area contributed by atoms with Crippen LogP contribution in [-0.4, -0.2) is 16.0 Å². The van der Waals surface area contributed by atoms with Crippen molar-refractivity contribution in [3.05, 3.63) is 126 Å². The molecular formula is C30H26N4.